The summed E-state index contributed by atoms with van der Waals surface area (Å²) in [5, 5.41) is 2.32. The number of hydrogen-bond donors (Lipinski definition) is 2. The average Bonchev–Trinajstić information content (AvgIpc) is 3.05. The molecule has 0 bridgehead atoms. The van der Waals surface area contributed by atoms with E-state index in [9.17, 15) is 14.4 Å². The highest BCUT2D eigenvalue weighted by Crippen LogP contribution is 2.40. The summed E-state index contributed by atoms with van der Waals surface area (Å²) >= 11 is 0. The molecule has 2 aliphatic heterocycles. The molecule has 0 radical (unpaired) electrons. The van der Waals surface area contributed by atoms with Crippen LogP contribution >= 0.6 is 0 Å². The average molecular weight is 358 g/mol. The maximum absolute atomic E-state index is 12.6. The highest BCUT2D eigenvalue weighted by molar-refractivity contribution is 5.84. The first-order valence-electron chi connectivity index (χ1n) is 9.02. The molecule has 7 heteroatoms. The summed E-state index contributed by atoms with van der Waals surface area (Å²) < 4.78 is 0. The fraction of sp³-hybridized carbons (Fsp3) is 0.526. The van der Waals surface area contributed by atoms with Crippen LogP contribution in [-0.2, 0) is 9.59 Å². The molecule has 2 heterocycles. The van der Waals surface area contributed by atoms with Gasteiger partial charge in [-0.1, -0.05) is 37.3 Å². The molecule has 1 aromatic rings. The Morgan fingerprint density at radius 3 is 2.42 bits per heavy atom. The van der Waals surface area contributed by atoms with Crippen molar-refractivity contribution < 1.29 is 14.4 Å². The first kappa shape index (κ1) is 18.2. The van der Waals surface area contributed by atoms with Gasteiger partial charge in [0.2, 0.25) is 11.8 Å². The third-order valence-electron chi connectivity index (χ3n) is 5.46. The van der Waals surface area contributed by atoms with Crippen LogP contribution in [-0.4, -0.2) is 60.4 Å². The quantitative estimate of drug-likeness (QED) is 0.819. The molecule has 4 amide bonds. The Labute approximate surface area is 153 Å². The molecule has 1 unspecified atom stereocenters. The van der Waals surface area contributed by atoms with Gasteiger partial charge in [-0.25, -0.2) is 4.79 Å². The molecule has 0 aliphatic carbocycles. The van der Waals surface area contributed by atoms with E-state index in [1.165, 1.54) is 5.56 Å². The Morgan fingerprint density at radius 2 is 1.77 bits per heavy atom. The minimum atomic E-state index is -0.696. The van der Waals surface area contributed by atoms with Crippen LogP contribution in [0.3, 0.4) is 0 Å². The molecule has 0 saturated carbocycles. The fourth-order valence-corrected chi connectivity index (χ4v) is 3.91. The Balaban J connectivity index is 1.46. The fourth-order valence-electron chi connectivity index (χ4n) is 3.91. The molecule has 1 atom stereocenters. The van der Waals surface area contributed by atoms with Crippen molar-refractivity contribution in [3.8, 4) is 0 Å². The van der Waals surface area contributed by atoms with E-state index >= 15 is 0 Å². The van der Waals surface area contributed by atoms with E-state index in [0.29, 0.717) is 26.1 Å². The van der Waals surface area contributed by atoms with Crippen LogP contribution < -0.4 is 11.1 Å². The van der Waals surface area contributed by atoms with Crippen LogP contribution in [0.15, 0.2) is 30.3 Å². The van der Waals surface area contributed by atoms with Gasteiger partial charge >= 0.3 is 6.03 Å². The molecular formula is C19H26N4O3. The monoisotopic (exact) mass is 358 g/mol. The number of urea groups is 1. The standard InChI is InChI=1S/C19H26N4O3/c1-14(15-5-3-2-4-6-15)9-16(24)22-8-7-19(11-22)12-23(13-19)17(25)10-21-18(20)26/h2-6,14H,7-13H2,1H3,(H3,20,21,26). The Morgan fingerprint density at radius 1 is 1.12 bits per heavy atom. The zero-order valence-electron chi connectivity index (χ0n) is 15.1. The largest absolute Gasteiger partial charge is 0.352 e. The first-order chi connectivity index (χ1) is 12.4. The third-order valence-corrected chi connectivity index (χ3v) is 5.46. The summed E-state index contributed by atoms with van der Waals surface area (Å²) in [4.78, 5) is 38.9. The summed E-state index contributed by atoms with van der Waals surface area (Å²) in [6, 6.07) is 9.38. The number of nitrogens with one attached hydrogen (secondary N) is 1. The summed E-state index contributed by atoms with van der Waals surface area (Å²) in [5.74, 6) is 0.245. The topological polar surface area (TPSA) is 95.7 Å². The van der Waals surface area contributed by atoms with Crippen LogP contribution in [0.25, 0.3) is 0 Å². The maximum atomic E-state index is 12.6. The van der Waals surface area contributed by atoms with Crippen molar-refractivity contribution in [1.82, 2.24) is 15.1 Å². The molecule has 1 aromatic carbocycles. The number of rotatable bonds is 5. The highest BCUT2D eigenvalue weighted by Gasteiger charge is 2.50. The van der Waals surface area contributed by atoms with E-state index in [2.05, 4.69) is 24.4 Å². The lowest BCUT2D eigenvalue weighted by Crippen LogP contribution is -2.61. The lowest BCUT2D eigenvalue weighted by molar-refractivity contribution is -0.142. The first-order valence-corrected chi connectivity index (χ1v) is 9.02. The maximum Gasteiger partial charge on any atom is 0.312 e. The molecule has 2 aliphatic rings. The van der Waals surface area contributed by atoms with E-state index in [4.69, 9.17) is 5.73 Å². The lowest BCUT2D eigenvalue weighted by Gasteiger charge is -2.48. The summed E-state index contributed by atoms with van der Waals surface area (Å²) in [5.41, 5.74) is 6.18. The number of nitrogens with zero attached hydrogens (tertiary/aromatic N) is 2. The highest BCUT2D eigenvalue weighted by atomic mass is 16.2. The molecule has 2 fully saturated rings. The number of primary amides is 1. The minimum absolute atomic E-state index is 0.0219. The Bertz CT molecular complexity index is 685. The number of likely N-dealkylation sites (tertiary alicyclic amines) is 2. The van der Waals surface area contributed by atoms with Crippen LogP contribution in [0.4, 0.5) is 4.79 Å². The van der Waals surface area contributed by atoms with Gasteiger partial charge in [0, 0.05) is 38.0 Å². The molecule has 1 spiro atoms. The van der Waals surface area contributed by atoms with E-state index in [-0.39, 0.29) is 29.7 Å². The molecular weight excluding hydrogens is 332 g/mol. The second-order valence-electron chi connectivity index (χ2n) is 7.55. The molecule has 3 N–H and O–H groups in total. The van der Waals surface area contributed by atoms with E-state index in [0.717, 1.165) is 13.0 Å². The molecule has 3 rings (SSSR count). The van der Waals surface area contributed by atoms with Gasteiger partial charge in [-0.15, -0.1) is 0 Å². The van der Waals surface area contributed by atoms with E-state index in [1.54, 1.807) is 4.90 Å². The number of carbonyl (C=O) groups is 3. The SMILES string of the molecule is CC(CC(=O)N1CCC2(C1)CN(C(=O)CNC(N)=O)C2)c1ccccc1. The van der Waals surface area contributed by atoms with Crippen molar-refractivity contribution in [2.24, 2.45) is 11.1 Å². The second-order valence-corrected chi connectivity index (χ2v) is 7.55. The third kappa shape index (κ3) is 3.98. The normalized spacial score (nSPS) is 19.1. The smallest absolute Gasteiger partial charge is 0.312 e. The van der Waals surface area contributed by atoms with Gasteiger partial charge in [0.1, 0.15) is 0 Å². The van der Waals surface area contributed by atoms with Crippen molar-refractivity contribution in [2.75, 3.05) is 32.7 Å². The van der Waals surface area contributed by atoms with Gasteiger partial charge in [0.25, 0.3) is 0 Å². The lowest BCUT2D eigenvalue weighted by atomic mass is 9.79. The predicted molar refractivity (Wildman–Crippen MR) is 97.3 cm³/mol. The van der Waals surface area contributed by atoms with Gasteiger partial charge in [0.05, 0.1) is 6.54 Å². The number of amides is 4. The van der Waals surface area contributed by atoms with Gasteiger partial charge < -0.3 is 20.9 Å². The number of nitrogens with two attached hydrogens (primary N) is 1. The van der Waals surface area contributed by atoms with Crippen LogP contribution in [0.5, 0.6) is 0 Å². The van der Waals surface area contributed by atoms with Gasteiger partial charge in [0.15, 0.2) is 0 Å². The van der Waals surface area contributed by atoms with Crippen molar-refractivity contribution in [1.29, 1.82) is 0 Å². The van der Waals surface area contributed by atoms with E-state index < -0.39 is 6.03 Å². The van der Waals surface area contributed by atoms with Crippen LogP contribution in [0, 0.1) is 5.41 Å². The number of benzene rings is 1. The van der Waals surface area contributed by atoms with Crippen molar-refractivity contribution in [2.45, 2.75) is 25.7 Å². The van der Waals surface area contributed by atoms with Crippen molar-refractivity contribution in [3.05, 3.63) is 35.9 Å². The van der Waals surface area contributed by atoms with Crippen LogP contribution in [0.1, 0.15) is 31.2 Å². The summed E-state index contributed by atoms with van der Waals surface area (Å²) in [6.07, 6.45) is 1.43. The van der Waals surface area contributed by atoms with Crippen molar-refractivity contribution in [3.63, 3.8) is 0 Å². The van der Waals surface area contributed by atoms with Crippen molar-refractivity contribution >= 4 is 17.8 Å². The minimum Gasteiger partial charge on any atom is -0.352 e. The molecule has 7 nitrogen and oxygen atoms in total. The predicted octanol–water partition coefficient (Wildman–Crippen LogP) is 0.909. The molecule has 0 aromatic heterocycles. The molecule has 2 saturated heterocycles. The zero-order valence-corrected chi connectivity index (χ0v) is 15.1. The number of carbonyl (C=O) groups excluding carboxylic acids is 3. The van der Waals surface area contributed by atoms with E-state index in [1.807, 2.05) is 23.1 Å². The zero-order chi connectivity index (χ0) is 18.7. The van der Waals surface area contributed by atoms with Crippen LogP contribution in [0.2, 0.25) is 0 Å². The molecule has 26 heavy (non-hydrogen) atoms. The number of hydrogen-bond acceptors (Lipinski definition) is 3. The van der Waals surface area contributed by atoms with Gasteiger partial charge in [-0.3, -0.25) is 9.59 Å². The second kappa shape index (κ2) is 7.35. The Kier molecular flexibility index (Phi) is 5.15. The summed E-state index contributed by atoms with van der Waals surface area (Å²) in [7, 11) is 0. The van der Waals surface area contributed by atoms with Gasteiger partial charge in [-0.05, 0) is 17.9 Å². The Hall–Kier alpha value is -2.57. The summed E-state index contributed by atoms with van der Waals surface area (Å²) in [6.45, 7) is 4.76. The van der Waals surface area contributed by atoms with Gasteiger partial charge in [-0.2, -0.15) is 0 Å². The molecule has 140 valence electrons.